The minimum absolute atomic E-state index is 0.0961. The first-order valence-corrected chi connectivity index (χ1v) is 9.30. The van der Waals surface area contributed by atoms with E-state index in [4.69, 9.17) is 0 Å². The summed E-state index contributed by atoms with van der Waals surface area (Å²) in [5, 5.41) is 18.0. The predicted octanol–water partition coefficient (Wildman–Crippen LogP) is 3.12. The molecule has 29 heavy (non-hydrogen) atoms. The zero-order valence-electron chi connectivity index (χ0n) is 17.6. The van der Waals surface area contributed by atoms with Crippen LogP contribution >= 0.6 is 0 Å². The number of nitrogens with zero attached hydrogens (tertiary/aromatic N) is 4. The summed E-state index contributed by atoms with van der Waals surface area (Å²) in [4.78, 5) is 37.1. The molecule has 0 atom stereocenters. The van der Waals surface area contributed by atoms with Gasteiger partial charge in [-0.25, -0.2) is 0 Å². The van der Waals surface area contributed by atoms with E-state index < -0.39 is 4.92 Å². The average Bonchev–Trinajstić information content (AvgIpc) is 3.00. The summed E-state index contributed by atoms with van der Waals surface area (Å²) >= 11 is 0. The zero-order valence-corrected chi connectivity index (χ0v) is 17.6. The summed E-state index contributed by atoms with van der Waals surface area (Å²) < 4.78 is 1.59. The fraction of sp³-hybridized carbons (Fsp3) is 0.450. The fourth-order valence-electron chi connectivity index (χ4n) is 2.67. The standard InChI is InChI=1S/C20H27N5O4/c1-13(2)24(19(27)14-7-9-15(10-8-14)25(28)29)12-18(26)21-17-11-16(20(3,4)5)22-23(17)6/h7-11,13H,12H2,1-6H3,(H,21,26). The van der Waals surface area contributed by atoms with Gasteiger partial charge in [0, 0.05) is 42.3 Å². The van der Waals surface area contributed by atoms with Gasteiger partial charge in [0.2, 0.25) is 5.91 Å². The van der Waals surface area contributed by atoms with Crippen molar-refractivity contribution in [2.24, 2.45) is 7.05 Å². The quantitative estimate of drug-likeness (QED) is 0.591. The van der Waals surface area contributed by atoms with Crippen LogP contribution in [-0.4, -0.2) is 44.0 Å². The van der Waals surface area contributed by atoms with Crippen molar-refractivity contribution < 1.29 is 14.5 Å². The van der Waals surface area contributed by atoms with Crippen LogP contribution in [0.25, 0.3) is 0 Å². The number of nitro groups is 1. The molecule has 9 nitrogen and oxygen atoms in total. The summed E-state index contributed by atoms with van der Waals surface area (Å²) in [7, 11) is 1.74. The maximum Gasteiger partial charge on any atom is 0.269 e. The van der Waals surface area contributed by atoms with Gasteiger partial charge < -0.3 is 10.2 Å². The summed E-state index contributed by atoms with van der Waals surface area (Å²) in [5.41, 5.74) is 0.878. The number of carbonyl (C=O) groups excluding carboxylic acids is 2. The largest absolute Gasteiger partial charge is 0.327 e. The molecule has 0 aliphatic carbocycles. The van der Waals surface area contributed by atoms with Gasteiger partial charge in [-0.3, -0.25) is 24.4 Å². The van der Waals surface area contributed by atoms with Gasteiger partial charge in [0.05, 0.1) is 10.6 Å². The topological polar surface area (TPSA) is 110 Å². The molecule has 0 saturated carbocycles. The first kappa shape index (κ1) is 22.1. The molecule has 2 amide bonds. The maximum absolute atomic E-state index is 12.8. The van der Waals surface area contributed by atoms with Crippen molar-refractivity contribution in [2.45, 2.75) is 46.1 Å². The lowest BCUT2D eigenvalue weighted by molar-refractivity contribution is -0.384. The molecule has 1 heterocycles. The third-order valence-electron chi connectivity index (χ3n) is 4.44. The molecule has 1 N–H and O–H groups in total. The average molecular weight is 401 g/mol. The molecule has 0 aliphatic rings. The first-order valence-electron chi connectivity index (χ1n) is 9.30. The Bertz CT molecular complexity index is 910. The third kappa shape index (κ3) is 5.40. The number of aromatic nitrogens is 2. The normalized spacial score (nSPS) is 11.4. The van der Waals surface area contributed by atoms with Gasteiger partial charge in [-0.2, -0.15) is 5.10 Å². The lowest BCUT2D eigenvalue weighted by Crippen LogP contribution is -2.42. The fourth-order valence-corrected chi connectivity index (χ4v) is 2.67. The smallest absolute Gasteiger partial charge is 0.269 e. The highest BCUT2D eigenvalue weighted by Crippen LogP contribution is 2.23. The van der Waals surface area contributed by atoms with E-state index in [9.17, 15) is 19.7 Å². The zero-order chi connectivity index (χ0) is 21.9. The summed E-state index contributed by atoms with van der Waals surface area (Å²) in [6.07, 6.45) is 0. The summed E-state index contributed by atoms with van der Waals surface area (Å²) in [6, 6.07) is 6.91. The molecule has 1 aromatic heterocycles. The first-order chi connectivity index (χ1) is 13.4. The number of aryl methyl sites for hydroxylation is 1. The Hall–Kier alpha value is -3.23. The number of hydrogen-bond acceptors (Lipinski definition) is 5. The number of nitro benzene ring substituents is 1. The minimum Gasteiger partial charge on any atom is -0.327 e. The van der Waals surface area contributed by atoms with Gasteiger partial charge in [0.15, 0.2) is 0 Å². The third-order valence-corrected chi connectivity index (χ3v) is 4.44. The number of rotatable bonds is 6. The number of non-ortho nitro benzene ring substituents is 1. The van der Waals surface area contributed by atoms with E-state index >= 15 is 0 Å². The van der Waals surface area contributed by atoms with Crippen LogP contribution in [0, 0.1) is 10.1 Å². The highest BCUT2D eigenvalue weighted by Gasteiger charge is 2.24. The van der Waals surface area contributed by atoms with Gasteiger partial charge in [-0.05, 0) is 26.0 Å². The van der Waals surface area contributed by atoms with Crippen LogP contribution in [0.1, 0.15) is 50.7 Å². The van der Waals surface area contributed by atoms with Crippen molar-refractivity contribution in [1.82, 2.24) is 14.7 Å². The second-order valence-corrected chi connectivity index (χ2v) is 8.17. The van der Waals surface area contributed by atoms with Crippen LogP contribution in [0.5, 0.6) is 0 Å². The Balaban J connectivity index is 2.14. The second-order valence-electron chi connectivity index (χ2n) is 8.17. The maximum atomic E-state index is 12.8. The van der Waals surface area contributed by atoms with E-state index in [1.165, 1.54) is 29.2 Å². The molecule has 0 radical (unpaired) electrons. The molecule has 156 valence electrons. The van der Waals surface area contributed by atoms with Gasteiger partial charge in [-0.1, -0.05) is 20.8 Å². The minimum atomic E-state index is -0.526. The van der Waals surface area contributed by atoms with Crippen LogP contribution in [0.2, 0.25) is 0 Å². The second kappa shape index (κ2) is 8.42. The van der Waals surface area contributed by atoms with E-state index in [2.05, 4.69) is 10.4 Å². The Morgan fingerprint density at radius 3 is 2.28 bits per heavy atom. The molecule has 0 bridgehead atoms. The number of benzene rings is 1. The Morgan fingerprint density at radius 2 is 1.83 bits per heavy atom. The number of anilines is 1. The van der Waals surface area contributed by atoms with E-state index in [-0.39, 0.29) is 41.1 Å². The van der Waals surface area contributed by atoms with Crippen LogP contribution < -0.4 is 5.32 Å². The number of amides is 2. The monoisotopic (exact) mass is 401 g/mol. The molecular formula is C20H27N5O4. The predicted molar refractivity (Wildman–Crippen MR) is 110 cm³/mol. The van der Waals surface area contributed by atoms with Crippen molar-refractivity contribution in [3.05, 3.63) is 51.7 Å². The molecule has 2 rings (SSSR count). The number of carbonyl (C=O) groups is 2. The van der Waals surface area contributed by atoms with Gasteiger partial charge >= 0.3 is 0 Å². The SMILES string of the molecule is CC(C)N(CC(=O)Nc1cc(C(C)(C)C)nn1C)C(=O)c1ccc([N+](=O)[O-])cc1. The molecule has 1 aromatic carbocycles. The lowest BCUT2D eigenvalue weighted by atomic mass is 9.92. The van der Waals surface area contributed by atoms with Gasteiger partial charge in [0.25, 0.3) is 11.6 Å². The molecule has 0 saturated heterocycles. The van der Waals surface area contributed by atoms with E-state index in [1.807, 2.05) is 26.8 Å². The summed E-state index contributed by atoms with van der Waals surface area (Å²) in [6.45, 7) is 9.55. The molecular weight excluding hydrogens is 374 g/mol. The molecule has 0 unspecified atom stereocenters. The lowest BCUT2D eigenvalue weighted by Gasteiger charge is -2.26. The molecule has 0 spiro atoms. The highest BCUT2D eigenvalue weighted by atomic mass is 16.6. The molecule has 2 aromatic rings. The molecule has 0 fully saturated rings. The van der Waals surface area contributed by atoms with Crippen molar-refractivity contribution in [3.8, 4) is 0 Å². The Morgan fingerprint density at radius 1 is 1.24 bits per heavy atom. The Labute approximate surface area is 169 Å². The van der Waals surface area contributed by atoms with Crippen LogP contribution in [-0.2, 0) is 17.3 Å². The molecule has 9 heteroatoms. The van der Waals surface area contributed by atoms with Gasteiger partial charge in [0.1, 0.15) is 12.4 Å². The van der Waals surface area contributed by atoms with Gasteiger partial charge in [-0.15, -0.1) is 0 Å². The Kier molecular flexibility index (Phi) is 6.41. The molecule has 0 aliphatic heterocycles. The van der Waals surface area contributed by atoms with E-state index in [0.717, 1.165) is 5.69 Å². The number of hydrogen-bond donors (Lipinski definition) is 1. The van der Waals surface area contributed by atoms with Crippen LogP contribution in [0.15, 0.2) is 30.3 Å². The highest BCUT2D eigenvalue weighted by molar-refractivity contribution is 5.99. The number of nitrogens with one attached hydrogen (secondary N) is 1. The van der Waals surface area contributed by atoms with Crippen molar-refractivity contribution in [3.63, 3.8) is 0 Å². The summed E-state index contributed by atoms with van der Waals surface area (Å²) in [5.74, 6) is -0.172. The van der Waals surface area contributed by atoms with E-state index in [0.29, 0.717) is 5.82 Å². The van der Waals surface area contributed by atoms with E-state index in [1.54, 1.807) is 25.6 Å². The van der Waals surface area contributed by atoms with Crippen LogP contribution in [0.3, 0.4) is 0 Å². The van der Waals surface area contributed by atoms with Crippen molar-refractivity contribution in [1.29, 1.82) is 0 Å². The van der Waals surface area contributed by atoms with Crippen molar-refractivity contribution in [2.75, 3.05) is 11.9 Å². The van der Waals surface area contributed by atoms with Crippen molar-refractivity contribution >= 4 is 23.3 Å². The van der Waals surface area contributed by atoms with Crippen LogP contribution in [0.4, 0.5) is 11.5 Å².